The molecule has 0 amide bonds. The highest BCUT2D eigenvalue weighted by Gasteiger charge is 2.57. The van der Waals surface area contributed by atoms with Gasteiger partial charge in [-0.05, 0) is 114 Å². The molecule has 4 atom stereocenters. The summed E-state index contributed by atoms with van der Waals surface area (Å²) < 4.78 is 0. The lowest BCUT2D eigenvalue weighted by Crippen LogP contribution is -2.56. The summed E-state index contributed by atoms with van der Waals surface area (Å²) in [5.41, 5.74) is 8.45. The highest BCUT2D eigenvalue weighted by molar-refractivity contribution is 7.71. The Hall–Kier alpha value is -2.40. The van der Waals surface area contributed by atoms with Crippen molar-refractivity contribution in [3.05, 3.63) is 108 Å². The quantitative estimate of drug-likeness (QED) is 0.232. The van der Waals surface area contributed by atoms with E-state index in [1.165, 1.54) is 65.8 Å². The maximum atomic E-state index is 4.87. The molecule has 0 aliphatic heterocycles. The Morgan fingerprint density at radius 3 is 2.00 bits per heavy atom. The van der Waals surface area contributed by atoms with Crippen LogP contribution in [0, 0.1) is 23.7 Å². The van der Waals surface area contributed by atoms with Crippen LogP contribution in [0.1, 0.15) is 43.2 Å². The molecule has 0 N–H and O–H groups in total. The summed E-state index contributed by atoms with van der Waals surface area (Å²) in [6.07, 6.45) is 13.2. The van der Waals surface area contributed by atoms with Gasteiger partial charge < -0.3 is 0 Å². The van der Waals surface area contributed by atoms with Crippen LogP contribution in [0.25, 0.3) is 11.1 Å². The van der Waals surface area contributed by atoms with E-state index in [1.807, 2.05) is 24.5 Å². The summed E-state index contributed by atoms with van der Waals surface area (Å²) >= 11 is 0. The molecular weight excluding hydrogens is 498 g/mol. The van der Waals surface area contributed by atoms with Crippen LogP contribution in [-0.2, 0) is 11.6 Å². The molecule has 2 nitrogen and oxygen atoms in total. The Kier molecular flexibility index (Phi) is 6.67. The van der Waals surface area contributed by atoms with E-state index >= 15 is 0 Å². The molecule has 4 saturated carbocycles. The maximum Gasteiger partial charge on any atom is 0.0695 e. The first kappa shape index (κ1) is 24.6. The van der Waals surface area contributed by atoms with Crippen LogP contribution in [-0.4, -0.2) is 16.1 Å². The van der Waals surface area contributed by atoms with Crippen molar-refractivity contribution in [1.82, 2.24) is 9.97 Å². The van der Waals surface area contributed by atoms with Crippen molar-refractivity contribution >= 4 is 28.0 Å². The minimum Gasteiger partial charge on any atom is -0.256 e. The third kappa shape index (κ3) is 4.35. The van der Waals surface area contributed by atoms with Crippen molar-refractivity contribution in [3.63, 3.8) is 0 Å². The number of hydrogen-bond donors (Lipinski definition) is 0. The van der Waals surface area contributed by atoms with Gasteiger partial charge in [-0.25, -0.2) is 0 Å². The summed E-state index contributed by atoms with van der Waals surface area (Å²) in [6.45, 7) is 0. The van der Waals surface area contributed by atoms with Gasteiger partial charge in [0, 0.05) is 26.5 Å². The molecule has 2 aromatic carbocycles. The summed E-state index contributed by atoms with van der Waals surface area (Å²) in [5, 5.41) is 0. The second kappa shape index (κ2) is 10.3. The molecule has 4 heteroatoms. The number of aromatic nitrogens is 2. The average molecular weight is 535 g/mol. The first-order valence-corrected chi connectivity index (χ1v) is 16.6. The van der Waals surface area contributed by atoms with E-state index in [-0.39, 0.29) is 0 Å². The van der Waals surface area contributed by atoms with Gasteiger partial charge in [-0.2, -0.15) is 0 Å². The lowest BCUT2D eigenvalue weighted by Gasteiger charge is -2.62. The first-order chi connectivity index (χ1) is 18.7. The van der Waals surface area contributed by atoms with Gasteiger partial charge >= 0.3 is 0 Å². The normalized spacial score (nSPS) is 27.6. The molecular formula is C34H36N2P2. The zero-order chi connectivity index (χ0) is 25.5. The first-order valence-electron chi connectivity index (χ1n) is 14.2. The Balaban J connectivity index is 1.39. The van der Waals surface area contributed by atoms with Gasteiger partial charge in [0.15, 0.2) is 0 Å². The van der Waals surface area contributed by atoms with Crippen LogP contribution in [0.2, 0.25) is 0 Å². The Labute approximate surface area is 230 Å². The number of pyridine rings is 2. The fourth-order valence-corrected chi connectivity index (χ4v) is 11.4. The van der Waals surface area contributed by atoms with E-state index in [9.17, 15) is 0 Å². The zero-order valence-corrected chi connectivity index (χ0v) is 24.0. The van der Waals surface area contributed by atoms with Crippen LogP contribution >= 0.6 is 17.2 Å². The van der Waals surface area contributed by atoms with Gasteiger partial charge in [0.1, 0.15) is 0 Å². The molecule has 4 aromatic rings. The van der Waals surface area contributed by atoms with Crippen molar-refractivity contribution < 1.29 is 0 Å². The molecule has 4 fully saturated rings. The van der Waals surface area contributed by atoms with E-state index in [1.54, 1.807) is 5.56 Å². The molecule has 8 rings (SSSR count). The van der Waals surface area contributed by atoms with Gasteiger partial charge in [-0.3, -0.25) is 9.97 Å². The average Bonchev–Trinajstić information content (AvgIpc) is 2.97. The molecule has 192 valence electrons. The van der Waals surface area contributed by atoms with Gasteiger partial charge in [-0.1, -0.05) is 60.7 Å². The number of benzene rings is 2. The third-order valence-corrected chi connectivity index (χ3v) is 12.5. The SMILES string of the molecule is PCC1C2CC3CC(C2)CC1(c1ccc(-c2ccccc2)cc1CP(c1ccccn1)c1ccccn1)C3. The monoisotopic (exact) mass is 534 g/mol. The second-order valence-corrected chi connectivity index (χ2v) is 14.4. The molecule has 0 spiro atoms. The molecule has 4 aliphatic carbocycles. The van der Waals surface area contributed by atoms with E-state index in [4.69, 9.17) is 9.97 Å². The van der Waals surface area contributed by atoms with Gasteiger partial charge in [0.25, 0.3) is 0 Å². The third-order valence-electron chi connectivity index (χ3n) is 9.71. The summed E-state index contributed by atoms with van der Waals surface area (Å²) in [4.78, 5) is 9.74. The van der Waals surface area contributed by atoms with Crippen LogP contribution < -0.4 is 10.9 Å². The molecule has 2 heterocycles. The minimum atomic E-state index is -0.712. The van der Waals surface area contributed by atoms with Crippen molar-refractivity contribution in [1.29, 1.82) is 0 Å². The topological polar surface area (TPSA) is 25.8 Å². The van der Waals surface area contributed by atoms with Gasteiger partial charge in [0.2, 0.25) is 0 Å². The standard InChI is InChI=1S/C34H36N2P2/c37-22-31-28-17-24-16-25(18-28)21-34(31,20-24)30-13-12-27(26-8-2-1-3-9-26)19-29(30)23-38(32-10-4-6-14-35-32)33-11-5-7-15-36-33/h1-15,19,24-25,28,31H,16-18,20-23,37H2. The number of hydrogen-bond acceptors (Lipinski definition) is 2. The van der Waals surface area contributed by atoms with E-state index < -0.39 is 7.92 Å². The molecule has 4 unspecified atom stereocenters. The van der Waals surface area contributed by atoms with E-state index in [0.717, 1.165) is 29.8 Å². The van der Waals surface area contributed by atoms with Crippen LogP contribution in [0.4, 0.5) is 0 Å². The van der Waals surface area contributed by atoms with Crippen molar-refractivity contribution in [2.45, 2.75) is 43.7 Å². The molecule has 2 aromatic heterocycles. The molecule has 0 saturated heterocycles. The summed E-state index contributed by atoms with van der Waals surface area (Å²) in [5.74, 6) is 3.50. The van der Waals surface area contributed by atoms with Crippen LogP contribution in [0.5, 0.6) is 0 Å². The fraction of sp³-hybridized carbons (Fsp3) is 0.353. The highest BCUT2D eigenvalue weighted by atomic mass is 31.1. The van der Waals surface area contributed by atoms with E-state index in [0.29, 0.717) is 5.41 Å². The van der Waals surface area contributed by atoms with Crippen molar-refractivity contribution in [2.24, 2.45) is 23.7 Å². The predicted octanol–water partition coefficient (Wildman–Crippen LogP) is 7.35. The van der Waals surface area contributed by atoms with Crippen molar-refractivity contribution in [2.75, 3.05) is 6.16 Å². The summed E-state index contributed by atoms with van der Waals surface area (Å²) in [7, 11) is 2.44. The fourth-order valence-electron chi connectivity index (χ4n) is 8.48. The highest BCUT2D eigenvalue weighted by Crippen LogP contribution is 2.64. The lowest BCUT2D eigenvalue weighted by molar-refractivity contribution is -0.0520. The lowest BCUT2D eigenvalue weighted by atomic mass is 9.43. The molecule has 38 heavy (non-hydrogen) atoms. The zero-order valence-electron chi connectivity index (χ0n) is 21.9. The Morgan fingerprint density at radius 1 is 0.737 bits per heavy atom. The number of rotatable bonds is 7. The summed E-state index contributed by atoms with van der Waals surface area (Å²) in [6, 6.07) is 31.1. The van der Waals surface area contributed by atoms with Gasteiger partial charge in [0.05, 0.1) is 10.9 Å². The minimum absolute atomic E-state index is 0.316. The van der Waals surface area contributed by atoms with Crippen LogP contribution in [0.3, 0.4) is 0 Å². The maximum absolute atomic E-state index is 4.87. The predicted molar refractivity (Wildman–Crippen MR) is 164 cm³/mol. The Morgan fingerprint density at radius 2 is 1.39 bits per heavy atom. The largest absolute Gasteiger partial charge is 0.256 e. The molecule has 0 radical (unpaired) electrons. The van der Waals surface area contributed by atoms with Crippen LogP contribution in [0.15, 0.2) is 97.3 Å². The number of nitrogens with zero attached hydrogens (tertiary/aromatic N) is 2. The van der Waals surface area contributed by atoms with E-state index in [2.05, 4.69) is 82.0 Å². The smallest absolute Gasteiger partial charge is 0.0695 e. The molecule has 4 bridgehead atoms. The Bertz CT molecular complexity index is 1340. The van der Waals surface area contributed by atoms with Gasteiger partial charge in [-0.15, -0.1) is 9.24 Å². The molecule has 4 aliphatic rings. The second-order valence-electron chi connectivity index (χ2n) is 11.8. The van der Waals surface area contributed by atoms with Crippen molar-refractivity contribution in [3.8, 4) is 11.1 Å².